The molecule has 0 radical (unpaired) electrons. The van der Waals surface area contributed by atoms with Crippen LogP contribution in [-0.4, -0.2) is 13.7 Å². The highest BCUT2D eigenvalue weighted by Gasteiger charge is 2.21. The monoisotopic (exact) mass is 390 g/mol. The first kappa shape index (κ1) is 21.3. The van der Waals surface area contributed by atoms with Crippen LogP contribution in [0.2, 0.25) is 0 Å². The number of benzene rings is 2. The fraction of sp³-hybridized carbons (Fsp3) is 0.481. The van der Waals surface area contributed by atoms with Crippen LogP contribution in [0, 0.1) is 23.7 Å². The lowest BCUT2D eigenvalue weighted by molar-refractivity contribution is 0.177. The summed E-state index contributed by atoms with van der Waals surface area (Å²) in [6.07, 6.45) is 11.0. The van der Waals surface area contributed by atoms with E-state index < -0.39 is 0 Å². The third kappa shape index (κ3) is 7.17. The van der Waals surface area contributed by atoms with E-state index in [1.807, 2.05) is 48.5 Å². The highest BCUT2D eigenvalue weighted by molar-refractivity contribution is 5.45. The summed E-state index contributed by atoms with van der Waals surface area (Å²) >= 11 is 0. The standard InChI is InChI=1S/C27H34O2/c1-3-4-5-6-22-9-11-25(12-10-22)21-29-27-19-15-24(16-20-27)8-7-23-13-17-26(28-2)18-14-23/h13-20,22,25H,3-6,9-12,21H2,1-2H3. The highest BCUT2D eigenvalue weighted by atomic mass is 16.5. The van der Waals surface area contributed by atoms with Gasteiger partial charge in [-0.15, -0.1) is 0 Å². The number of unbranched alkanes of at least 4 members (excludes halogenated alkanes) is 2. The Morgan fingerprint density at radius 3 is 1.86 bits per heavy atom. The first-order chi connectivity index (χ1) is 14.3. The number of hydrogen-bond donors (Lipinski definition) is 0. The van der Waals surface area contributed by atoms with Crippen LogP contribution >= 0.6 is 0 Å². The summed E-state index contributed by atoms with van der Waals surface area (Å²) in [5, 5.41) is 0. The van der Waals surface area contributed by atoms with Crippen molar-refractivity contribution in [1.82, 2.24) is 0 Å². The van der Waals surface area contributed by atoms with E-state index >= 15 is 0 Å². The molecule has 0 aromatic heterocycles. The van der Waals surface area contributed by atoms with Gasteiger partial charge >= 0.3 is 0 Å². The van der Waals surface area contributed by atoms with Crippen LogP contribution in [0.25, 0.3) is 0 Å². The summed E-state index contributed by atoms with van der Waals surface area (Å²) in [4.78, 5) is 0. The lowest BCUT2D eigenvalue weighted by atomic mass is 9.80. The summed E-state index contributed by atoms with van der Waals surface area (Å²) < 4.78 is 11.2. The predicted octanol–water partition coefficient (Wildman–Crippen LogP) is 6.86. The van der Waals surface area contributed by atoms with Crippen molar-refractivity contribution < 1.29 is 9.47 Å². The van der Waals surface area contributed by atoms with E-state index in [0.29, 0.717) is 5.92 Å². The molecule has 0 atom stereocenters. The fourth-order valence-electron chi connectivity index (χ4n) is 4.04. The zero-order valence-corrected chi connectivity index (χ0v) is 18.0. The smallest absolute Gasteiger partial charge is 0.119 e. The Kier molecular flexibility index (Phi) is 8.50. The van der Waals surface area contributed by atoms with Gasteiger partial charge in [-0.1, -0.05) is 57.3 Å². The summed E-state index contributed by atoms with van der Waals surface area (Å²) in [5.74, 6) is 9.87. The van der Waals surface area contributed by atoms with Crippen molar-refractivity contribution in [2.45, 2.75) is 58.3 Å². The third-order valence-electron chi connectivity index (χ3n) is 5.96. The molecule has 0 spiro atoms. The molecule has 0 amide bonds. The van der Waals surface area contributed by atoms with Gasteiger partial charge in [0.1, 0.15) is 11.5 Å². The van der Waals surface area contributed by atoms with Crippen LogP contribution in [0.15, 0.2) is 48.5 Å². The maximum atomic E-state index is 6.06. The topological polar surface area (TPSA) is 18.5 Å². The molecule has 0 aliphatic heterocycles. The van der Waals surface area contributed by atoms with Crippen molar-refractivity contribution in [1.29, 1.82) is 0 Å². The van der Waals surface area contributed by atoms with Gasteiger partial charge in [0.2, 0.25) is 0 Å². The van der Waals surface area contributed by atoms with E-state index in [0.717, 1.165) is 35.2 Å². The molecule has 2 nitrogen and oxygen atoms in total. The van der Waals surface area contributed by atoms with E-state index in [9.17, 15) is 0 Å². The molecule has 0 bridgehead atoms. The quantitative estimate of drug-likeness (QED) is 0.362. The van der Waals surface area contributed by atoms with E-state index in [1.54, 1.807) is 7.11 Å². The largest absolute Gasteiger partial charge is 0.497 e. The van der Waals surface area contributed by atoms with Crippen LogP contribution in [0.1, 0.15) is 69.4 Å². The van der Waals surface area contributed by atoms with Gasteiger partial charge in [-0.2, -0.15) is 0 Å². The van der Waals surface area contributed by atoms with Crippen molar-refractivity contribution in [3.05, 3.63) is 59.7 Å². The zero-order valence-electron chi connectivity index (χ0n) is 18.0. The molecule has 1 fully saturated rings. The molecular weight excluding hydrogens is 356 g/mol. The van der Waals surface area contributed by atoms with E-state index in [1.165, 1.54) is 51.4 Å². The highest BCUT2D eigenvalue weighted by Crippen LogP contribution is 2.32. The van der Waals surface area contributed by atoms with Gasteiger partial charge in [-0.25, -0.2) is 0 Å². The molecule has 2 aromatic rings. The molecule has 3 rings (SSSR count). The Morgan fingerprint density at radius 1 is 0.759 bits per heavy atom. The van der Waals surface area contributed by atoms with Gasteiger partial charge in [0.25, 0.3) is 0 Å². The minimum Gasteiger partial charge on any atom is -0.497 e. The molecule has 1 aliphatic rings. The first-order valence-electron chi connectivity index (χ1n) is 11.2. The van der Waals surface area contributed by atoms with Gasteiger partial charge < -0.3 is 9.47 Å². The first-order valence-corrected chi connectivity index (χ1v) is 11.2. The summed E-state index contributed by atoms with van der Waals surface area (Å²) in [6.45, 7) is 3.13. The third-order valence-corrected chi connectivity index (χ3v) is 5.96. The van der Waals surface area contributed by atoms with Gasteiger partial charge in [-0.3, -0.25) is 0 Å². The zero-order chi connectivity index (χ0) is 20.3. The summed E-state index contributed by atoms with van der Waals surface area (Å²) in [6, 6.07) is 16.0. The molecular formula is C27H34O2. The van der Waals surface area contributed by atoms with E-state index in [4.69, 9.17) is 9.47 Å². The minimum atomic E-state index is 0.715. The normalized spacial score (nSPS) is 18.6. The molecule has 0 unspecified atom stereocenters. The van der Waals surface area contributed by atoms with Crippen molar-refractivity contribution in [2.75, 3.05) is 13.7 Å². The van der Waals surface area contributed by atoms with Crippen LogP contribution in [0.4, 0.5) is 0 Å². The molecule has 154 valence electrons. The Morgan fingerprint density at radius 2 is 1.31 bits per heavy atom. The van der Waals surface area contributed by atoms with Crippen LogP contribution in [-0.2, 0) is 0 Å². The Bertz CT molecular complexity index is 772. The Balaban J connectivity index is 1.41. The number of rotatable bonds is 8. The van der Waals surface area contributed by atoms with Gasteiger partial charge in [0, 0.05) is 11.1 Å². The molecule has 1 aliphatic carbocycles. The Labute approximate surface area is 176 Å². The van der Waals surface area contributed by atoms with Crippen LogP contribution < -0.4 is 9.47 Å². The molecule has 29 heavy (non-hydrogen) atoms. The number of methoxy groups -OCH3 is 1. The van der Waals surface area contributed by atoms with E-state index in [-0.39, 0.29) is 0 Å². The second-order valence-corrected chi connectivity index (χ2v) is 8.20. The van der Waals surface area contributed by atoms with Crippen LogP contribution in [0.3, 0.4) is 0 Å². The second-order valence-electron chi connectivity index (χ2n) is 8.20. The van der Waals surface area contributed by atoms with Gasteiger partial charge in [0.15, 0.2) is 0 Å². The minimum absolute atomic E-state index is 0.715. The maximum Gasteiger partial charge on any atom is 0.119 e. The van der Waals surface area contributed by atoms with Crippen molar-refractivity contribution in [3.63, 3.8) is 0 Å². The lowest BCUT2D eigenvalue weighted by Crippen LogP contribution is -2.20. The summed E-state index contributed by atoms with van der Waals surface area (Å²) in [5.41, 5.74) is 1.98. The molecule has 2 aromatic carbocycles. The molecule has 1 saturated carbocycles. The molecule has 0 heterocycles. The fourth-order valence-corrected chi connectivity index (χ4v) is 4.04. The number of hydrogen-bond acceptors (Lipinski definition) is 2. The van der Waals surface area contributed by atoms with Crippen LogP contribution in [0.5, 0.6) is 11.5 Å². The molecule has 0 N–H and O–H groups in total. The molecule has 0 saturated heterocycles. The van der Waals surface area contributed by atoms with Crippen molar-refractivity contribution in [3.8, 4) is 23.3 Å². The average Bonchev–Trinajstić information content (AvgIpc) is 2.78. The predicted molar refractivity (Wildman–Crippen MR) is 121 cm³/mol. The lowest BCUT2D eigenvalue weighted by Gasteiger charge is -2.28. The SMILES string of the molecule is CCCCCC1CCC(COc2ccc(C#Cc3ccc(OC)cc3)cc2)CC1. The maximum absolute atomic E-state index is 6.06. The molecule has 2 heteroatoms. The number of ether oxygens (including phenoxy) is 2. The second kappa shape index (κ2) is 11.6. The Hall–Kier alpha value is -2.40. The van der Waals surface area contributed by atoms with Gasteiger partial charge in [-0.05, 0) is 73.2 Å². The summed E-state index contributed by atoms with van der Waals surface area (Å²) in [7, 11) is 1.67. The average molecular weight is 391 g/mol. The van der Waals surface area contributed by atoms with Crippen molar-refractivity contribution in [2.24, 2.45) is 11.8 Å². The van der Waals surface area contributed by atoms with Crippen molar-refractivity contribution >= 4 is 0 Å². The van der Waals surface area contributed by atoms with E-state index in [2.05, 4.69) is 18.8 Å². The van der Waals surface area contributed by atoms with Gasteiger partial charge in [0.05, 0.1) is 13.7 Å².